The van der Waals surface area contributed by atoms with Crippen LogP contribution in [0.25, 0.3) is 0 Å². The third-order valence-electron chi connectivity index (χ3n) is 2.62. The minimum Gasteiger partial charge on any atom is -0.455 e. The lowest BCUT2D eigenvalue weighted by Gasteiger charge is -2.13. The van der Waals surface area contributed by atoms with E-state index in [9.17, 15) is 0 Å². The minimum atomic E-state index is 0.394. The first-order valence-electron chi connectivity index (χ1n) is 5.53. The van der Waals surface area contributed by atoms with Gasteiger partial charge in [0.1, 0.15) is 11.5 Å². The fourth-order valence-electron chi connectivity index (χ4n) is 1.67. The van der Waals surface area contributed by atoms with Gasteiger partial charge in [-0.05, 0) is 36.8 Å². The first-order valence-corrected chi connectivity index (χ1v) is 6.70. The van der Waals surface area contributed by atoms with E-state index in [0.717, 1.165) is 21.3 Å². The van der Waals surface area contributed by atoms with Gasteiger partial charge in [-0.2, -0.15) is 0 Å². The molecule has 4 heteroatoms. The summed E-state index contributed by atoms with van der Waals surface area (Å²) in [7, 11) is 0. The molecule has 0 aromatic heterocycles. The van der Waals surface area contributed by atoms with Crippen LogP contribution in [0.5, 0.6) is 11.5 Å². The molecule has 2 N–H and O–H groups in total. The van der Waals surface area contributed by atoms with E-state index in [1.807, 2.05) is 37.3 Å². The molecule has 18 heavy (non-hydrogen) atoms. The van der Waals surface area contributed by atoms with Crippen LogP contribution in [0.1, 0.15) is 11.1 Å². The molecule has 0 fully saturated rings. The highest BCUT2D eigenvalue weighted by atomic mass is 79.9. The lowest BCUT2D eigenvalue weighted by atomic mass is 10.2. The Morgan fingerprint density at radius 2 is 2.06 bits per heavy atom. The third-order valence-corrected chi connectivity index (χ3v) is 3.41. The number of para-hydroxylation sites is 1. The van der Waals surface area contributed by atoms with Crippen LogP contribution in [0.15, 0.2) is 40.9 Å². The molecular weight excluding hydrogens is 314 g/mol. The second kappa shape index (κ2) is 5.74. The van der Waals surface area contributed by atoms with Crippen LogP contribution < -0.4 is 10.5 Å². The average Bonchev–Trinajstić information content (AvgIpc) is 2.34. The molecule has 0 aliphatic carbocycles. The van der Waals surface area contributed by atoms with Crippen LogP contribution in [0.2, 0.25) is 5.02 Å². The summed E-state index contributed by atoms with van der Waals surface area (Å²) in [5.41, 5.74) is 7.62. The zero-order valence-electron chi connectivity index (χ0n) is 9.91. The predicted octanol–water partition coefficient (Wildman–Crippen LogP) is 4.66. The Morgan fingerprint density at radius 3 is 2.72 bits per heavy atom. The number of aryl methyl sites for hydroxylation is 1. The van der Waals surface area contributed by atoms with Crippen LogP contribution >= 0.6 is 27.5 Å². The van der Waals surface area contributed by atoms with Crippen molar-refractivity contribution in [3.8, 4) is 11.5 Å². The lowest BCUT2D eigenvalue weighted by molar-refractivity contribution is 0.473. The summed E-state index contributed by atoms with van der Waals surface area (Å²) < 4.78 is 6.90. The maximum absolute atomic E-state index is 6.15. The van der Waals surface area contributed by atoms with Crippen LogP contribution in [0.3, 0.4) is 0 Å². The van der Waals surface area contributed by atoms with Crippen molar-refractivity contribution in [3.63, 3.8) is 0 Å². The molecule has 2 nitrogen and oxygen atoms in total. The monoisotopic (exact) mass is 325 g/mol. The van der Waals surface area contributed by atoms with Gasteiger partial charge in [-0.25, -0.2) is 0 Å². The zero-order chi connectivity index (χ0) is 13.1. The molecule has 0 unspecified atom stereocenters. The number of hydrogen-bond donors (Lipinski definition) is 1. The molecule has 0 aliphatic heterocycles. The van der Waals surface area contributed by atoms with E-state index in [0.29, 0.717) is 17.3 Å². The molecule has 0 spiro atoms. The largest absolute Gasteiger partial charge is 0.455 e. The lowest BCUT2D eigenvalue weighted by Crippen LogP contribution is -2.00. The number of halogens is 2. The molecule has 0 aliphatic rings. The van der Waals surface area contributed by atoms with Crippen LogP contribution in [0, 0.1) is 6.92 Å². The van der Waals surface area contributed by atoms with E-state index in [1.165, 1.54) is 0 Å². The van der Waals surface area contributed by atoms with Gasteiger partial charge in [-0.15, -0.1) is 0 Å². The highest BCUT2D eigenvalue weighted by Crippen LogP contribution is 2.34. The van der Waals surface area contributed by atoms with Gasteiger partial charge in [0.05, 0.1) is 5.02 Å². The van der Waals surface area contributed by atoms with E-state index < -0.39 is 0 Å². The molecule has 0 saturated heterocycles. The van der Waals surface area contributed by atoms with Crippen LogP contribution in [-0.4, -0.2) is 0 Å². The maximum atomic E-state index is 6.15. The second-order valence-electron chi connectivity index (χ2n) is 3.94. The number of hydrogen-bond acceptors (Lipinski definition) is 2. The SMILES string of the molecule is Cc1cc(Br)ccc1Oc1c(Cl)cccc1CN. The van der Waals surface area contributed by atoms with E-state index in [2.05, 4.69) is 15.9 Å². The van der Waals surface area contributed by atoms with E-state index in [1.54, 1.807) is 6.07 Å². The van der Waals surface area contributed by atoms with Crippen molar-refractivity contribution in [3.05, 3.63) is 57.0 Å². The topological polar surface area (TPSA) is 35.2 Å². The second-order valence-corrected chi connectivity index (χ2v) is 5.27. The molecule has 94 valence electrons. The quantitative estimate of drug-likeness (QED) is 0.890. The summed E-state index contributed by atoms with van der Waals surface area (Å²) in [4.78, 5) is 0. The first kappa shape index (κ1) is 13.4. The molecule has 2 aromatic rings. The summed E-state index contributed by atoms with van der Waals surface area (Å²) in [5.74, 6) is 1.41. The molecule has 0 atom stereocenters. The fourth-order valence-corrected chi connectivity index (χ4v) is 2.37. The van der Waals surface area contributed by atoms with Crippen LogP contribution in [0.4, 0.5) is 0 Å². The summed E-state index contributed by atoms with van der Waals surface area (Å²) in [6, 6.07) is 11.4. The first-order chi connectivity index (χ1) is 8.61. The Bertz CT molecular complexity index is 572. The number of benzene rings is 2. The highest BCUT2D eigenvalue weighted by Gasteiger charge is 2.10. The Labute approximate surface area is 120 Å². The molecule has 0 amide bonds. The molecule has 0 saturated carbocycles. The van der Waals surface area contributed by atoms with Crippen molar-refractivity contribution in [1.29, 1.82) is 0 Å². The standard InChI is InChI=1S/C14H13BrClNO/c1-9-7-11(15)5-6-13(9)18-14-10(8-17)3-2-4-12(14)16/h2-7H,8,17H2,1H3. The van der Waals surface area contributed by atoms with Crippen molar-refractivity contribution in [2.75, 3.05) is 0 Å². The van der Waals surface area contributed by atoms with Crippen molar-refractivity contribution in [2.24, 2.45) is 5.73 Å². The van der Waals surface area contributed by atoms with Gasteiger partial charge in [0.15, 0.2) is 0 Å². The third kappa shape index (κ3) is 2.86. The molecular formula is C14H13BrClNO. The molecule has 0 bridgehead atoms. The van der Waals surface area contributed by atoms with Gasteiger partial charge in [-0.1, -0.05) is 39.7 Å². The highest BCUT2D eigenvalue weighted by molar-refractivity contribution is 9.10. The molecule has 2 aromatic carbocycles. The Kier molecular flexibility index (Phi) is 4.27. The summed E-state index contributed by atoms with van der Waals surface area (Å²) in [6.45, 7) is 2.38. The molecule has 0 heterocycles. The van der Waals surface area contributed by atoms with Gasteiger partial charge in [-0.3, -0.25) is 0 Å². The number of nitrogens with two attached hydrogens (primary N) is 1. The Morgan fingerprint density at radius 1 is 1.28 bits per heavy atom. The summed E-state index contributed by atoms with van der Waals surface area (Å²) in [5, 5.41) is 0.570. The van der Waals surface area contributed by atoms with Gasteiger partial charge >= 0.3 is 0 Å². The van der Waals surface area contributed by atoms with Gasteiger partial charge in [0, 0.05) is 16.6 Å². The van der Waals surface area contributed by atoms with E-state index in [4.69, 9.17) is 22.1 Å². The van der Waals surface area contributed by atoms with E-state index >= 15 is 0 Å². The van der Waals surface area contributed by atoms with Crippen molar-refractivity contribution < 1.29 is 4.74 Å². The maximum Gasteiger partial charge on any atom is 0.150 e. The number of rotatable bonds is 3. The zero-order valence-corrected chi connectivity index (χ0v) is 12.3. The summed E-state index contributed by atoms with van der Waals surface area (Å²) >= 11 is 9.57. The van der Waals surface area contributed by atoms with Gasteiger partial charge in [0.2, 0.25) is 0 Å². The Balaban J connectivity index is 2.39. The van der Waals surface area contributed by atoms with Gasteiger partial charge in [0.25, 0.3) is 0 Å². The molecule has 2 rings (SSSR count). The normalized spacial score (nSPS) is 10.4. The smallest absolute Gasteiger partial charge is 0.150 e. The van der Waals surface area contributed by atoms with Gasteiger partial charge < -0.3 is 10.5 Å². The number of ether oxygens (including phenoxy) is 1. The average molecular weight is 327 g/mol. The van der Waals surface area contributed by atoms with Crippen molar-refractivity contribution >= 4 is 27.5 Å². The van der Waals surface area contributed by atoms with Crippen LogP contribution in [-0.2, 0) is 6.54 Å². The summed E-state index contributed by atoms with van der Waals surface area (Å²) in [6.07, 6.45) is 0. The van der Waals surface area contributed by atoms with E-state index in [-0.39, 0.29) is 0 Å². The molecule has 0 radical (unpaired) electrons. The van der Waals surface area contributed by atoms with Crippen molar-refractivity contribution in [1.82, 2.24) is 0 Å². The fraction of sp³-hybridized carbons (Fsp3) is 0.143. The Hall–Kier alpha value is -1.03. The van der Waals surface area contributed by atoms with Crippen molar-refractivity contribution in [2.45, 2.75) is 13.5 Å². The minimum absolute atomic E-state index is 0.394. The predicted molar refractivity (Wildman–Crippen MR) is 78.3 cm³/mol.